The zero-order valence-electron chi connectivity index (χ0n) is 15.2. The lowest BCUT2D eigenvalue weighted by molar-refractivity contribution is 0.0448. The molecule has 0 unspecified atom stereocenters. The normalized spacial score (nSPS) is 21.7. The minimum atomic E-state index is -1.13. The van der Waals surface area contributed by atoms with Crippen molar-refractivity contribution >= 4 is 28.5 Å². The molecule has 1 aliphatic rings. The summed E-state index contributed by atoms with van der Waals surface area (Å²) in [6, 6.07) is 16.3. The van der Waals surface area contributed by atoms with Crippen molar-refractivity contribution in [2.24, 2.45) is 0 Å². The zero-order valence-corrected chi connectivity index (χ0v) is 16.0. The molecular formula is C23H20ClNO3. The van der Waals surface area contributed by atoms with Gasteiger partial charge in [-0.1, -0.05) is 47.7 Å². The molecule has 2 atom stereocenters. The summed E-state index contributed by atoms with van der Waals surface area (Å²) < 4.78 is 5.62. The summed E-state index contributed by atoms with van der Waals surface area (Å²) in [6.07, 6.45) is 2.54. The van der Waals surface area contributed by atoms with Crippen molar-refractivity contribution in [2.75, 3.05) is 0 Å². The van der Waals surface area contributed by atoms with Gasteiger partial charge in [0.05, 0.1) is 0 Å². The molecule has 5 heteroatoms. The van der Waals surface area contributed by atoms with Crippen LogP contribution in [0.25, 0.3) is 11.0 Å². The van der Waals surface area contributed by atoms with Gasteiger partial charge in [-0.3, -0.25) is 4.79 Å². The van der Waals surface area contributed by atoms with Crippen LogP contribution in [0.2, 0.25) is 5.02 Å². The van der Waals surface area contributed by atoms with Crippen LogP contribution in [0.15, 0.2) is 59.0 Å². The predicted octanol–water partition coefficient (Wildman–Crippen LogP) is 4.54. The second kappa shape index (κ2) is 7.71. The predicted molar refractivity (Wildman–Crippen MR) is 109 cm³/mol. The topological polar surface area (TPSA) is 62.5 Å². The van der Waals surface area contributed by atoms with Gasteiger partial charge in [0.15, 0.2) is 5.76 Å². The second-order valence-corrected chi connectivity index (χ2v) is 7.64. The first-order valence-corrected chi connectivity index (χ1v) is 9.69. The molecule has 142 valence electrons. The summed E-state index contributed by atoms with van der Waals surface area (Å²) in [4.78, 5) is 12.6. The molecule has 28 heavy (non-hydrogen) atoms. The van der Waals surface area contributed by atoms with Gasteiger partial charge in [-0.25, -0.2) is 0 Å². The molecule has 4 nitrogen and oxygen atoms in total. The smallest absolute Gasteiger partial charge is 0.287 e. The molecule has 0 saturated heterocycles. The van der Waals surface area contributed by atoms with Crippen LogP contribution in [0.1, 0.15) is 41.8 Å². The van der Waals surface area contributed by atoms with Crippen molar-refractivity contribution in [2.45, 2.75) is 37.3 Å². The Bertz CT molecular complexity index is 1040. The van der Waals surface area contributed by atoms with Crippen LogP contribution in [0.5, 0.6) is 0 Å². The molecule has 0 bridgehead atoms. The van der Waals surface area contributed by atoms with Gasteiger partial charge in [0, 0.05) is 28.4 Å². The van der Waals surface area contributed by atoms with E-state index < -0.39 is 5.60 Å². The fraction of sp³-hybridized carbons (Fsp3) is 0.261. The largest absolute Gasteiger partial charge is 0.451 e. The number of amides is 1. The van der Waals surface area contributed by atoms with Crippen LogP contribution in [0.3, 0.4) is 0 Å². The Morgan fingerprint density at radius 3 is 2.89 bits per heavy atom. The van der Waals surface area contributed by atoms with Crippen molar-refractivity contribution in [3.05, 3.63) is 70.9 Å². The van der Waals surface area contributed by atoms with E-state index in [1.54, 1.807) is 18.2 Å². The number of halogens is 1. The number of aliphatic hydroxyl groups is 1. The Labute approximate surface area is 168 Å². The zero-order chi connectivity index (χ0) is 19.6. The van der Waals surface area contributed by atoms with E-state index in [0.717, 1.165) is 23.8 Å². The summed E-state index contributed by atoms with van der Waals surface area (Å²) in [6.45, 7) is 0. The summed E-state index contributed by atoms with van der Waals surface area (Å²) in [5, 5.41) is 15.4. The fourth-order valence-electron chi connectivity index (χ4n) is 3.59. The Balaban J connectivity index is 1.45. The standard InChI is InChI=1S/C23H20ClNO3/c24-18-7-3-5-16(13-18)10-12-23(27)11-4-8-19(15-23)25-22(26)21-14-17-6-1-2-9-20(17)28-21/h1-3,5-7,9,13-14,19,27H,4,8,11,15H2,(H,25,26)/t19-,23+/m1/s1. The van der Waals surface area contributed by atoms with Gasteiger partial charge in [-0.05, 0) is 49.6 Å². The maximum absolute atomic E-state index is 12.6. The Kier molecular flexibility index (Phi) is 5.13. The van der Waals surface area contributed by atoms with Crippen LogP contribution in [-0.2, 0) is 0 Å². The van der Waals surface area contributed by atoms with E-state index in [-0.39, 0.29) is 17.7 Å². The number of nitrogens with one attached hydrogen (secondary N) is 1. The van der Waals surface area contributed by atoms with Gasteiger partial charge >= 0.3 is 0 Å². The highest BCUT2D eigenvalue weighted by Gasteiger charge is 2.34. The Morgan fingerprint density at radius 2 is 2.07 bits per heavy atom. The van der Waals surface area contributed by atoms with Crippen LogP contribution in [0, 0.1) is 11.8 Å². The van der Waals surface area contributed by atoms with Crippen LogP contribution < -0.4 is 5.32 Å². The molecule has 1 fully saturated rings. The van der Waals surface area contributed by atoms with E-state index in [1.807, 2.05) is 36.4 Å². The molecule has 1 aliphatic carbocycles. The minimum Gasteiger partial charge on any atom is -0.451 e. The van der Waals surface area contributed by atoms with Crippen LogP contribution >= 0.6 is 11.6 Å². The number of carbonyl (C=O) groups excluding carboxylic acids is 1. The van der Waals surface area contributed by atoms with Crippen LogP contribution in [0.4, 0.5) is 0 Å². The Hall–Kier alpha value is -2.74. The third-order valence-corrected chi connectivity index (χ3v) is 5.21. The molecule has 1 saturated carbocycles. The molecule has 1 amide bonds. The summed E-state index contributed by atoms with van der Waals surface area (Å²) in [7, 11) is 0. The SMILES string of the molecule is O=C(N[C@@H]1CCC[C@](O)(C#Cc2cccc(Cl)c2)C1)c1cc2ccccc2o1. The number of benzene rings is 2. The maximum Gasteiger partial charge on any atom is 0.287 e. The van der Waals surface area contributed by atoms with Gasteiger partial charge in [0.2, 0.25) is 0 Å². The van der Waals surface area contributed by atoms with Gasteiger partial charge in [0.1, 0.15) is 11.2 Å². The molecule has 1 heterocycles. The number of fused-ring (bicyclic) bond motifs is 1. The average Bonchev–Trinajstić information content (AvgIpc) is 3.11. The quantitative estimate of drug-likeness (QED) is 0.628. The molecule has 2 aromatic carbocycles. The lowest BCUT2D eigenvalue weighted by Gasteiger charge is -2.33. The minimum absolute atomic E-state index is 0.159. The molecular weight excluding hydrogens is 374 g/mol. The van der Waals surface area contributed by atoms with E-state index in [1.165, 1.54) is 0 Å². The van der Waals surface area contributed by atoms with Crippen molar-refractivity contribution in [3.63, 3.8) is 0 Å². The first-order chi connectivity index (χ1) is 13.5. The van der Waals surface area contributed by atoms with Gasteiger partial charge in [-0.15, -0.1) is 0 Å². The van der Waals surface area contributed by atoms with Crippen molar-refractivity contribution in [1.82, 2.24) is 5.32 Å². The van der Waals surface area contributed by atoms with E-state index in [0.29, 0.717) is 23.4 Å². The average molecular weight is 394 g/mol. The molecule has 1 aromatic heterocycles. The third-order valence-electron chi connectivity index (χ3n) is 4.98. The molecule has 0 aliphatic heterocycles. The number of rotatable bonds is 2. The second-order valence-electron chi connectivity index (χ2n) is 7.21. The van der Waals surface area contributed by atoms with Crippen LogP contribution in [-0.4, -0.2) is 22.7 Å². The first kappa shape index (κ1) is 18.6. The molecule has 0 spiro atoms. The lowest BCUT2D eigenvalue weighted by Crippen LogP contribution is -2.45. The molecule has 4 rings (SSSR count). The monoisotopic (exact) mass is 393 g/mol. The fourth-order valence-corrected chi connectivity index (χ4v) is 3.78. The van der Waals surface area contributed by atoms with Crippen molar-refractivity contribution in [3.8, 4) is 11.8 Å². The van der Waals surface area contributed by atoms with Gasteiger partial charge < -0.3 is 14.8 Å². The van der Waals surface area contributed by atoms with Crippen molar-refractivity contribution < 1.29 is 14.3 Å². The van der Waals surface area contributed by atoms with Crippen molar-refractivity contribution in [1.29, 1.82) is 0 Å². The lowest BCUT2D eigenvalue weighted by atomic mass is 9.82. The molecule has 2 N–H and O–H groups in total. The highest BCUT2D eigenvalue weighted by Crippen LogP contribution is 2.29. The third kappa shape index (κ3) is 4.22. The van der Waals surface area contributed by atoms with E-state index in [9.17, 15) is 9.90 Å². The van der Waals surface area contributed by atoms with Gasteiger partial charge in [0.25, 0.3) is 5.91 Å². The molecule has 0 radical (unpaired) electrons. The van der Waals surface area contributed by atoms with E-state index in [4.69, 9.17) is 16.0 Å². The summed E-state index contributed by atoms with van der Waals surface area (Å²) in [5.41, 5.74) is 0.307. The van der Waals surface area contributed by atoms with E-state index >= 15 is 0 Å². The number of carbonyl (C=O) groups is 1. The van der Waals surface area contributed by atoms with E-state index in [2.05, 4.69) is 17.2 Å². The Morgan fingerprint density at radius 1 is 1.21 bits per heavy atom. The highest BCUT2D eigenvalue weighted by molar-refractivity contribution is 6.30. The number of hydrogen-bond acceptors (Lipinski definition) is 3. The number of hydrogen-bond donors (Lipinski definition) is 2. The number of furan rings is 1. The first-order valence-electron chi connectivity index (χ1n) is 9.31. The maximum atomic E-state index is 12.6. The van der Waals surface area contributed by atoms with Gasteiger partial charge in [-0.2, -0.15) is 0 Å². The molecule has 3 aromatic rings. The number of para-hydroxylation sites is 1. The summed E-state index contributed by atoms with van der Waals surface area (Å²) >= 11 is 5.98. The summed E-state index contributed by atoms with van der Waals surface area (Å²) in [5.74, 6) is 5.99. The highest BCUT2D eigenvalue weighted by atomic mass is 35.5.